The molecular weight excluding hydrogens is 307 g/mol. The first kappa shape index (κ1) is 16.6. The van der Waals surface area contributed by atoms with Crippen LogP contribution < -0.4 is 0 Å². The summed E-state index contributed by atoms with van der Waals surface area (Å²) in [4.78, 5) is 18.2. The Labute approximate surface area is 141 Å². The zero-order chi connectivity index (χ0) is 17.1. The normalized spacial score (nSPS) is 19.8. The maximum Gasteiger partial charge on any atom is 0.320 e. The smallest absolute Gasteiger partial charge is 0.320 e. The number of aromatic nitrogens is 1. The van der Waals surface area contributed by atoms with E-state index in [-0.39, 0.29) is 11.9 Å². The lowest BCUT2D eigenvalue weighted by molar-refractivity contribution is -0.145. The number of aliphatic carboxylic acids is 1. The van der Waals surface area contributed by atoms with Crippen LogP contribution in [0.25, 0.3) is 0 Å². The number of pyridine rings is 1. The van der Waals surface area contributed by atoms with Gasteiger partial charge in [-0.1, -0.05) is 24.6 Å². The predicted octanol–water partition coefficient (Wildman–Crippen LogP) is 3.56. The zero-order valence-electron chi connectivity index (χ0n) is 13.7. The Balaban J connectivity index is 2.07. The van der Waals surface area contributed by atoms with Crippen LogP contribution in [0.4, 0.5) is 4.39 Å². The molecule has 0 saturated carbocycles. The van der Waals surface area contributed by atoms with E-state index in [2.05, 4.69) is 4.98 Å². The van der Waals surface area contributed by atoms with Crippen molar-refractivity contribution in [1.29, 1.82) is 0 Å². The second kappa shape index (κ2) is 7.09. The number of likely N-dealkylation sites (tertiary alicyclic amines) is 1. The van der Waals surface area contributed by atoms with Crippen LogP contribution in [0, 0.1) is 12.7 Å². The fraction of sp³-hybridized carbons (Fsp3) is 0.368. The number of carboxylic acid groups (broad SMARTS) is 1. The third kappa shape index (κ3) is 3.46. The summed E-state index contributed by atoms with van der Waals surface area (Å²) in [5.41, 5.74) is 2.52. The number of hydrogen-bond acceptors (Lipinski definition) is 3. The zero-order valence-corrected chi connectivity index (χ0v) is 13.7. The summed E-state index contributed by atoms with van der Waals surface area (Å²) in [5, 5.41) is 9.61. The van der Waals surface area contributed by atoms with Crippen molar-refractivity contribution in [3.63, 3.8) is 0 Å². The van der Waals surface area contributed by atoms with Crippen molar-refractivity contribution in [3.8, 4) is 0 Å². The van der Waals surface area contributed by atoms with E-state index in [0.29, 0.717) is 13.0 Å². The molecule has 1 aromatic carbocycles. The van der Waals surface area contributed by atoms with Gasteiger partial charge in [-0.3, -0.25) is 14.7 Å². The largest absolute Gasteiger partial charge is 0.480 e. The standard InChI is InChI=1S/C19H21FN2O2/c1-13-8-9-16(21-12-13)18(14-5-4-6-15(20)11-14)22-10-3-2-7-17(22)19(23)24/h4-6,8-9,11-12,17-18H,2-3,7,10H2,1H3,(H,23,24). The molecule has 24 heavy (non-hydrogen) atoms. The molecule has 0 aliphatic carbocycles. The topological polar surface area (TPSA) is 53.4 Å². The van der Waals surface area contributed by atoms with Crippen molar-refractivity contribution in [1.82, 2.24) is 9.88 Å². The van der Waals surface area contributed by atoms with Crippen LogP contribution in [0.15, 0.2) is 42.6 Å². The summed E-state index contributed by atoms with van der Waals surface area (Å²) in [6.07, 6.45) is 4.19. The Bertz CT molecular complexity index is 718. The summed E-state index contributed by atoms with van der Waals surface area (Å²) < 4.78 is 13.8. The van der Waals surface area contributed by atoms with Gasteiger partial charge in [-0.25, -0.2) is 4.39 Å². The van der Waals surface area contributed by atoms with Crippen molar-refractivity contribution in [2.24, 2.45) is 0 Å². The minimum atomic E-state index is -0.830. The molecule has 0 radical (unpaired) electrons. The van der Waals surface area contributed by atoms with Crippen molar-refractivity contribution >= 4 is 5.97 Å². The molecule has 0 spiro atoms. The first-order chi connectivity index (χ1) is 11.6. The van der Waals surface area contributed by atoms with Gasteiger partial charge in [0.1, 0.15) is 11.9 Å². The van der Waals surface area contributed by atoms with Crippen LogP contribution in [-0.2, 0) is 4.79 Å². The van der Waals surface area contributed by atoms with Gasteiger partial charge in [0.15, 0.2) is 0 Å². The number of benzene rings is 1. The van der Waals surface area contributed by atoms with Crippen molar-refractivity contribution in [3.05, 3.63) is 65.2 Å². The van der Waals surface area contributed by atoms with E-state index in [9.17, 15) is 14.3 Å². The number of piperidine rings is 1. The molecular formula is C19H21FN2O2. The maximum atomic E-state index is 13.8. The van der Waals surface area contributed by atoms with Crippen LogP contribution in [0.1, 0.15) is 42.1 Å². The summed E-state index contributed by atoms with van der Waals surface area (Å²) >= 11 is 0. The molecule has 2 heterocycles. The SMILES string of the molecule is Cc1ccc(C(c2cccc(F)c2)N2CCCCC2C(=O)O)nc1. The predicted molar refractivity (Wildman–Crippen MR) is 89.2 cm³/mol. The molecule has 0 bridgehead atoms. The number of carbonyl (C=O) groups is 1. The van der Waals surface area contributed by atoms with E-state index >= 15 is 0 Å². The highest BCUT2D eigenvalue weighted by Crippen LogP contribution is 2.33. The van der Waals surface area contributed by atoms with Gasteiger partial charge in [0.2, 0.25) is 0 Å². The molecule has 1 aromatic heterocycles. The molecule has 2 unspecified atom stereocenters. The third-order valence-corrected chi connectivity index (χ3v) is 4.54. The van der Waals surface area contributed by atoms with E-state index in [4.69, 9.17) is 0 Å². The first-order valence-corrected chi connectivity index (χ1v) is 8.23. The highest BCUT2D eigenvalue weighted by Gasteiger charge is 2.35. The Morgan fingerprint density at radius 2 is 2.17 bits per heavy atom. The van der Waals surface area contributed by atoms with Gasteiger partial charge in [-0.2, -0.15) is 0 Å². The Kier molecular flexibility index (Phi) is 4.90. The Morgan fingerprint density at radius 3 is 2.83 bits per heavy atom. The number of nitrogens with zero attached hydrogens (tertiary/aromatic N) is 2. The molecule has 2 aromatic rings. The molecule has 1 saturated heterocycles. The highest BCUT2D eigenvalue weighted by molar-refractivity contribution is 5.73. The minimum Gasteiger partial charge on any atom is -0.480 e. The van der Waals surface area contributed by atoms with Gasteiger partial charge in [-0.15, -0.1) is 0 Å². The van der Waals surface area contributed by atoms with E-state index < -0.39 is 12.0 Å². The molecule has 3 rings (SSSR count). The summed E-state index contributed by atoms with van der Waals surface area (Å²) in [5.74, 6) is -1.16. The molecule has 4 nitrogen and oxygen atoms in total. The highest BCUT2D eigenvalue weighted by atomic mass is 19.1. The second-order valence-corrected chi connectivity index (χ2v) is 6.31. The van der Waals surface area contributed by atoms with Crippen LogP contribution >= 0.6 is 0 Å². The summed E-state index contributed by atoms with van der Waals surface area (Å²) in [7, 11) is 0. The number of aryl methyl sites for hydroxylation is 1. The Morgan fingerprint density at radius 1 is 1.33 bits per heavy atom. The number of carboxylic acids is 1. The van der Waals surface area contributed by atoms with Gasteiger partial charge in [0.05, 0.1) is 11.7 Å². The quantitative estimate of drug-likeness (QED) is 0.932. The number of rotatable bonds is 4. The molecule has 1 aliphatic rings. The Hall–Kier alpha value is -2.27. The van der Waals surface area contributed by atoms with Crippen LogP contribution in [-0.4, -0.2) is 33.5 Å². The average molecular weight is 328 g/mol. The fourth-order valence-corrected chi connectivity index (χ4v) is 3.38. The third-order valence-electron chi connectivity index (χ3n) is 4.54. The fourth-order valence-electron chi connectivity index (χ4n) is 3.38. The summed E-state index contributed by atoms with van der Waals surface area (Å²) in [6, 6.07) is 9.28. The van der Waals surface area contributed by atoms with Crippen LogP contribution in [0.5, 0.6) is 0 Å². The van der Waals surface area contributed by atoms with Crippen molar-refractivity contribution in [2.45, 2.75) is 38.3 Å². The lowest BCUT2D eigenvalue weighted by Crippen LogP contribution is -2.47. The number of halogens is 1. The van der Waals surface area contributed by atoms with E-state index in [1.807, 2.05) is 30.0 Å². The molecule has 2 atom stereocenters. The minimum absolute atomic E-state index is 0.325. The van der Waals surface area contributed by atoms with Gasteiger partial charge < -0.3 is 5.11 Å². The van der Waals surface area contributed by atoms with Gasteiger partial charge in [0.25, 0.3) is 0 Å². The molecule has 5 heteroatoms. The van der Waals surface area contributed by atoms with Crippen molar-refractivity contribution < 1.29 is 14.3 Å². The van der Waals surface area contributed by atoms with E-state index in [0.717, 1.165) is 29.7 Å². The van der Waals surface area contributed by atoms with Crippen LogP contribution in [0.2, 0.25) is 0 Å². The lowest BCUT2D eigenvalue weighted by Gasteiger charge is -2.39. The van der Waals surface area contributed by atoms with E-state index in [1.165, 1.54) is 12.1 Å². The van der Waals surface area contributed by atoms with Crippen LogP contribution in [0.3, 0.4) is 0 Å². The second-order valence-electron chi connectivity index (χ2n) is 6.31. The van der Waals surface area contributed by atoms with Gasteiger partial charge >= 0.3 is 5.97 Å². The first-order valence-electron chi connectivity index (χ1n) is 8.23. The van der Waals surface area contributed by atoms with Crippen molar-refractivity contribution in [2.75, 3.05) is 6.54 Å². The number of hydrogen-bond donors (Lipinski definition) is 1. The monoisotopic (exact) mass is 328 g/mol. The molecule has 1 fully saturated rings. The molecule has 126 valence electrons. The average Bonchev–Trinajstić information content (AvgIpc) is 2.57. The lowest BCUT2D eigenvalue weighted by atomic mass is 9.94. The molecule has 1 N–H and O–H groups in total. The molecule has 1 aliphatic heterocycles. The maximum absolute atomic E-state index is 13.8. The van der Waals surface area contributed by atoms with Gasteiger partial charge in [-0.05, 0) is 55.6 Å². The molecule has 0 amide bonds. The van der Waals surface area contributed by atoms with E-state index in [1.54, 1.807) is 12.3 Å². The van der Waals surface area contributed by atoms with Gasteiger partial charge in [0, 0.05) is 6.20 Å². The summed E-state index contributed by atoms with van der Waals surface area (Å²) in [6.45, 7) is 2.61.